The molecule has 0 bridgehead atoms. The van der Waals surface area contributed by atoms with Crippen molar-refractivity contribution in [2.75, 3.05) is 13.1 Å². The quantitative estimate of drug-likeness (QED) is 0.789. The summed E-state index contributed by atoms with van der Waals surface area (Å²) in [6, 6.07) is 9.52. The van der Waals surface area contributed by atoms with E-state index in [4.69, 9.17) is 12.2 Å². The molecule has 1 aromatic carbocycles. The molecule has 2 amide bonds. The predicted octanol–water partition coefficient (Wildman–Crippen LogP) is 2.95. The molecule has 0 atom stereocenters. The second-order valence-electron chi connectivity index (χ2n) is 4.53. The van der Waals surface area contributed by atoms with Crippen LogP contribution in [0.2, 0.25) is 0 Å². The van der Waals surface area contributed by atoms with E-state index in [-0.39, 0.29) is 6.03 Å². The smallest absolute Gasteiger partial charge is 0.322 e. The van der Waals surface area contributed by atoms with Gasteiger partial charge in [0.25, 0.3) is 0 Å². The van der Waals surface area contributed by atoms with Gasteiger partial charge in [0.05, 0.1) is 0 Å². The molecule has 0 spiro atoms. The normalized spacial score (nSPS) is 15.9. The molecule has 1 aromatic rings. The van der Waals surface area contributed by atoms with Crippen molar-refractivity contribution in [1.82, 2.24) is 10.2 Å². The number of nitrogens with zero attached hydrogens (tertiary/aromatic N) is 1. The zero-order valence-corrected chi connectivity index (χ0v) is 11.2. The van der Waals surface area contributed by atoms with E-state index in [2.05, 4.69) is 5.32 Å². The van der Waals surface area contributed by atoms with Gasteiger partial charge >= 0.3 is 6.03 Å². The predicted molar refractivity (Wildman–Crippen MR) is 76.7 cm³/mol. The van der Waals surface area contributed by atoms with Gasteiger partial charge in [-0.1, -0.05) is 55.4 Å². The van der Waals surface area contributed by atoms with Crippen molar-refractivity contribution in [3.63, 3.8) is 0 Å². The molecule has 1 heterocycles. The summed E-state index contributed by atoms with van der Waals surface area (Å²) in [4.78, 5) is 14.4. The first-order valence-electron chi connectivity index (χ1n) is 6.42. The highest BCUT2D eigenvalue weighted by Gasteiger charge is 2.16. The summed E-state index contributed by atoms with van der Waals surface area (Å²) in [6.45, 7) is 1.67. The van der Waals surface area contributed by atoms with Gasteiger partial charge in [0.2, 0.25) is 0 Å². The second-order valence-corrected chi connectivity index (χ2v) is 4.93. The van der Waals surface area contributed by atoms with Crippen LogP contribution in [0.5, 0.6) is 0 Å². The minimum Gasteiger partial charge on any atom is -0.325 e. The average molecular weight is 262 g/mol. The molecular weight excluding hydrogens is 244 g/mol. The second kappa shape index (κ2) is 6.50. The largest absolute Gasteiger partial charge is 0.325 e. The number of hydrogen-bond donors (Lipinski definition) is 1. The number of amides is 2. The van der Waals surface area contributed by atoms with Crippen LogP contribution in [-0.2, 0) is 0 Å². The van der Waals surface area contributed by atoms with Crippen LogP contribution in [0, 0.1) is 0 Å². The molecule has 2 rings (SSSR count). The van der Waals surface area contributed by atoms with Crippen LogP contribution in [0.25, 0.3) is 0 Å². The highest BCUT2D eigenvalue weighted by molar-refractivity contribution is 7.80. The zero-order valence-electron chi connectivity index (χ0n) is 10.4. The fourth-order valence-corrected chi connectivity index (χ4v) is 2.34. The van der Waals surface area contributed by atoms with Crippen LogP contribution in [0.15, 0.2) is 30.3 Å². The fraction of sp³-hybridized carbons (Fsp3) is 0.429. The summed E-state index contributed by atoms with van der Waals surface area (Å²) in [5.41, 5.74) is 0.885. The van der Waals surface area contributed by atoms with E-state index < -0.39 is 0 Å². The summed E-state index contributed by atoms with van der Waals surface area (Å²) in [6.07, 6.45) is 4.61. The molecule has 1 aliphatic heterocycles. The first kappa shape index (κ1) is 13.0. The van der Waals surface area contributed by atoms with Crippen molar-refractivity contribution in [3.05, 3.63) is 35.9 Å². The third-order valence-electron chi connectivity index (χ3n) is 3.15. The molecule has 1 aliphatic rings. The third kappa shape index (κ3) is 3.53. The first-order valence-corrected chi connectivity index (χ1v) is 6.83. The third-order valence-corrected chi connectivity index (χ3v) is 3.49. The summed E-state index contributed by atoms with van der Waals surface area (Å²) in [7, 11) is 0. The van der Waals surface area contributed by atoms with E-state index >= 15 is 0 Å². The van der Waals surface area contributed by atoms with Crippen LogP contribution >= 0.6 is 12.2 Å². The monoisotopic (exact) mass is 262 g/mol. The van der Waals surface area contributed by atoms with E-state index in [9.17, 15) is 4.79 Å². The Balaban J connectivity index is 1.92. The van der Waals surface area contributed by atoms with E-state index in [0.717, 1.165) is 31.5 Å². The highest BCUT2D eigenvalue weighted by atomic mass is 32.1. The lowest BCUT2D eigenvalue weighted by Gasteiger charge is -2.21. The Morgan fingerprint density at radius 2 is 1.67 bits per heavy atom. The number of rotatable bonds is 1. The molecule has 96 valence electrons. The average Bonchev–Trinajstić information content (AvgIpc) is 2.68. The number of carbonyl (C=O) groups is 1. The van der Waals surface area contributed by atoms with Crippen molar-refractivity contribution in [1.29, 1.82) is 0 Å². The minimum atomic E-state index is -0.0641. The summed E-state index contributed by atoms with van der Waals surface area (Å²) >= 11 is 5.24. The van der Waals surface area contributed by atoms with E-state index in [1.165, 1.54) is 12.8 Å². The SMILES string of the molecule is O=C(NC(=S)c1ccccc1)N1CCCCCC1. The van der Waals surface area contributed by atoms with Gasteiger partial charge < -0.3 is 4.90 Å². The maximum atomic E-state index is 12.1. The summed E-state index contributed by atoms with van der Waals surface area (Å²) in [5.74, 6) is 0. The fourth-order valence-electron chi connectivity index (χ4n) is 2.11. The van der Waals surface area contributed by atoms with Crippen LogP contribution in [0.4, 0.5) is 4.79 Å². The molecule has 1 saturated heterocycles. The Bertz CT molecular complexity index is 411. The Morgan fingerprint density at radius 1 is 1.06 bits per heavy atom. The van der Waals surface area contributed by atoms with Gasteiger partial charge in [-0.2, -0.15) is 0 Å². The van der Waals surface area contributed by atoms with Gasteiger partial charge in [-0.05, 0) is 12.8 Å². The summed E-state index contributed by atoms with van der Waals surface area (Å²) < 4.78 is 0. The molecule has 0 unspecified atom stereocenters. The van der Waals surface area contributed by atoms with Crippen LogP contribution in [0.1, 0.15) is 31.2 Å². The Kier molecular flexibility index (Phi) is 4.70. The van der Waals surface area contributed by atoms with Crippen molar-refractivity contribution in [3.8, 4) is 0 Å². The van der Waals surface area contributed by atoms with Gasteiger partial charge in [-0.15, -0.1) is 0 Å². The van der Waals surface area contributed by atoms with Gasteiger partial charge in [-0.3, -0.25) is 5.32 Å². The number of likely N-dealkylation sites (tertiary alicyclic amines) is 1. The van der Waals surface area contributed by atoms with Crippen molar-refractivity contribution in [2.45, 2.75) is 25.7 Å². The number of carbonyl (C=O) groups excluding carboxylic acids is 1. The number of hydrogen-bond acceptors (Lipinski definition) is 2. The first-order chi connectivity index (χ1) is 8.77. The van der Waals surface area contributed by atoms with Gasteiger partial charge in [0.1, 0.15) is 4.99 Å². The van der Waals surface area contributed by atoms with Crippen molar-refractivity contribution < 1.29 is 4.79 Å². The number of benzene rings is 1. The zero-order chi connectivity index (χ0) is 12.8. The Morgan fingerprint density at radius 3 is 2.28 bits per heavy atom. The lowest BCUT2D eigenvalue weighted by Crippen LogP contribution is -2.42. The molecule has 18 heavy (non-hydrogen) atoms. The van der Waals surface area contributed by atoms with Crippen LogP contribution < -0.4 is 5.32 Å². The molecule has 0 saturated carbocycles. The van der Waals surface area contributed by atoms with E-state index in [1.54, 1.807) is 0 Å². The minimum absolute atomic E-state index is 0.0641. The van der Waals surface area contributed by atoms with E-state index in [0.29, 0.717) is 4.99 Å². The topological polar surface area (TPSA) is 32.3 Å². The lowest BCUT2D eigenvalue weighted by atomic mass is 10.2. The molecule has 1 N–H and O–H groups in total. The number of thiocarbonyl (C=S) groups is 1. The number of urea groups is 1. The van der Waals surface area contributed by atoms with Crippen LogP contribution in [-0.4, -0.2) is 29.0 Å². The molecule has 0 radical (unpaired) electrons. The molecule has 0 aromatic heterocycles. The van der Waals surface area contributed by atoms with E-state index in [1.807, 2.05) is 35.2 Å². The summed E-state index contributed by atoms with van der Waals surface area (Å²) in [5, 5.41) is 2.81. The molecular formula is C14H18N2OS. The number of nitrogens with one attached hydrogen (secondary N) is 1. The standard InChI is InChI=1S/C14H18N2OS/c17-14(16-10-6-1-2-7-11-16)15-13(18)12-8-4-3-5-9-12/h3-5,8-9H,1-2,6-7,10-11H2,(H,15,17,18). The molecule has 1 fully saturated rings. The van der Waals surface area contributed by atoms with Gasteiger partial charge in [0, 0.05) is 18.7 Å². The van der Waals surface area contributed by atoms with Crippen molar-refractivity contribution >= 4 is 23.2 Å². The molecule has 3 nitrogen and oxygen atoms in total. The maximum Gasteiger partial charge on any atom is 0.322 e. The highest BCUT2D eigenvalue weighted by Crippen LogP contribution is 2.10. The molecule has 0 aliphatic carbocycles. The van der Waals surface area contributed by atoms with Gasteiger partial charge in [-0.25, -0.2) is 4.79 Å². The Hall–Kier alpha value is -1.42. The van der Waals surface area contributed by atoms with Crippen molar-refractivity contribution in [2.24, 2.45) is 0 Å². The van der Waals surface area contributed by atoms with Crippen LogP contribution in [0.3, 0.4) is 0 Å². The molecule has 4 heteroatoms. The Labute approximate surface area is 113 Å². The van der Waals surface area contributed by atoms with Gasteiger partial charge in [0.15, 0.2) is 0 Å². The maximum absolute atomic E-state index is 12.1. The lowest BCUT2D eigenvalue weighted by molar-refractivity contribution is 0.205.